The van der Waals surface area contributed by atoms with Gasteiger partial charge in [-0.1, -0.05) is 0 Å². The molecule has 1 aromatic rings. The van der Waals surface area contributed by atoms with Crippen molar-refractivity contribution in [2.24, 2.45) is 0 Å². The van der Waals surface area contributed by atoms with Gasteiger partial charge in [-0.3, -0.25) is 4.79 Å². The second-order valence-electron chi connectivity index (χ2n) is 4.03. The van der Waals surface area contributed by atoms with Gasteiger partial charge in [0.1, 0.15) is 6.04 Å². The summed E-state index contributed by atoms with van der Waals surface area (Å²) in [5.41, 5.74) is 0.937. The number of carbonyl (C=O) groups is 1. The zero-order valence-electron chi connectivity index (χ0n) is 9.11. The zero-order chi connectivity index (χ0) is 12.6. The molecule has 94 valence electrons. The van der Waals surface area contributed by atoms with Crippen molar-refractivity contribution in [3.8, 4) is 0 Å². The van der Waals surface area contributed by atoms with E-state index in [0.29, 0.717) is 18.0 Å². The first kappa shape index (κ1) is 12.9. The molecule has 0 radical (unpaired) electrons. The van der Waals surface area contributed by atoms with E-state index in [-0.39, 0.29) is 10.8 Å². The molecular weight excluding hydrogens is 283 g/mol. The summed E-state index contributed by atoms with van der Waals surface area (Å²) in [7, 11) is 0. The molecule has 0 spiro atoms. The molecule has 0 saturated carbocycles. The smallest absolute Gasteiger partial charge is 0.325 e. The van der Waals surface area contributed by atoms with Crippen LogP contribution >= 0.6 is 34.5 Å². The van der Waals surface area contributed by atoms with E-state index in [1.807, 2.05) is 0 Å². The van der Waals surface area contributed by atoms with E-state index in [2.05, 4.69) is 10.3 Å². The van der Waals surface area contributed by atoms with Gasteiger partial charge in [-0.05, 0) is 6.92 Å². The molecule has 0 saturated heterocycles. The summed E-state index contributed by atoms with van der Waals surface area (Å²) in [5.74, 6) is -0.899. The number of aromatic nitrogens is 1. The Morgan fingerprint density at radius 2 is 2.18 bits per heavy atom. The predicted molar refractivity (Wildman–Crippen MR) is 69.5 cm³/mol. The van der Waals surface area contributed by atoms with Crippen molar-refractivity contribution in [3.63, 3.8) is 0 Å². The molecule has 3 atom stereocenters. The number of nitrogens with zero attached hydrogens (tertiary/aromatic N) is 1. The number of hydrogen-bond acceptors (Lipinski definition) is 4. The van der Waals surface area contributed by atoms with Gasteiger partial charge in [-0.25, -0.2) is 4.98 Å². The molecule has 1 aromatic heterocycles. The summed E-state index contributed by atoms with van der Waals surface area (Å²) in [5, 5.41) is 12.1. The van der Waals surface area contributed by atoms with Crippen LogP contribution in [0.4, 0.5) is 5.13 Å². The number of aliphatic carboxylic acids is 1. The van der Waals surface area contributed by atoms with E-state index < -0.39 is 12.0 Å². The molecule has 0 aliphatic heterocycles. The lowest BCUT2D eigenvalue weighted by Gasteiger charge is -2.20. The third-order valence-corrected chi connectivity index (χ3v) is 4.75. The Bertz CT molecular complexity index is 410. The Labute approximate surface area is 113 Å². The lowest BCUT2D eigenvalue weighted by atomic mass is 10.0. The first-order chi connectivity index (χ1) is 7.97. The highest BCUT2D eigenvalue weighted by atomic mass is 35.5. The number of halogens is 2. The number of hydrogen-bond donors (Lipinski definition) is 2. The van der Waals surface area contributed by atoms with Crippen LogP contribution in [0.3, 0.4) is 0 Å². The van der Waals surface area contributed by atoms with Gasteiger partial charge >= 0.3 is 5.97 Å². The SMILES string of the molecule is C[C@@H](Nc1nc2c(s1)CC(Cl)C(Cl)C2)C(=O)O. The summed E-state index contributed by atoms with van der Waals surface area (Å²) >= 11 is 13.6. The fraction of sp³-hybridized carbons (Fsp3) is 0.600. The summed E-state index contributed by atoms with van der Waals surface area (Å²) < 4.78 is 0. The molecule has 2 rings (SSSR count). The Kier molecular flexibility index (Phi) is 3.80. The number of rotatable bonds is 3. The van der Waals surface area contributed by atoms with E-state index in [9.17, 15) is 4.79 Å². The van der Waals surface area contributed by atoms with Crippen molar-refractivity contribution >= 4 is 45.6 Å². The molecule has 17 heavy (non-hydrogen) atoms. The van der Waals surface area contributed by atoms with E-state index in [1.165, 1.54) is 11.3 Å². The standard InChI is InChI=1S/C10H12Cl2N2O2S/c1-4(9(15)16)13-10-14-7-2-5(11)6(12)3-8(7)17-10/h4-6H,2-3H2,1H3,(H,13,14)(H,15,16)/t4-,5?,6?/m1/s1. The molecule has 0 bridgehead atoms. The molecule has 1 heterocycles. The van der Waals surface area contributed by atoms with Crippen LogP contribution in [0, 0.1) is 0 Å². The van der Waals surface area contributed by atoms with Crippen LogP contribution in [0.1, 0.15) is 17.5 Å². The van der Waals surface area contributed by atoms with Crippen molar-refractivity contribution in [2.45, 2.75) is 36.6 Å². The normalized spacial score (nSPS) is 25.1. The van der Waals surface area contributed by atoms with Gasteiger partial charge in [0.25, 0.3) is 0 Å². The minimum absolute atomic E-state index is 0.0747. The van der Waals surface area contributed by atoms with E-state index in [0.717, 1.165) is 10.6 Å². The lowest BCUT2D eigenvalue weighted by Crippen LogP contribution is -2.26. The van der Waals surface area contributed by atoms with Crippen molar-refractivity contribution in [1.29, 1.82) is 0 Å². The van der Waals surface area contributed by atoms with Crippen LogP contribution < -0.4 is 5.32 Å². The molecule has 0 fully saturated rings. The number of thiazole rings is 1. The highest BCUT2D eigenvalue weighted by molar-refractivity contribution is 7.15. The lowest BCUT2D eigenvalue weighted by molar-refractivity contribution is -0.137. The van der Waals surface area contributed by atoms with Gasteiger partial charge < -0.3 is 10.4 Å². The fourth-order valence-electron chi connectivity index (χ4n) is 1.63. The van der Waals surface area contributed by atoms with Crippen molar-refractivity contribution in [2.75, 3.05) is 5.32 Å². The van der Waals surface area contributed by atoms with Crippen LogP contribution in [-0.2, 0) is 17.6 Å². The average molecular weight is 295 g/mol. The van der Waals surface area contributed by atoms with Gasteiger partial charge in [-0.15, -0.1) is 34.5 Å². The highest BCUT2D eigenvalue weighted by Gasteiger charge is 2.28. The molecule has 2 unspecified atom stereocenters. The fourth-order valence-corrected chi connectivity index (χ4v) is 3.33. The van der Waals surface area contributed by atoms with Gasteiger partial charge in [0, 0.05) is 17.7 Å². The highest BCUT2D eigenvalue weighted by Crippen LogP contribution is 2.34. The Morgan fingerprint density at radius 1 is 1.53 bits per heavy atom. The van der Waals surface area contributed by atoms with Gasteiger partial charge in [0.05, 0.1) is 16.4 Å². The second-order valence-corrected chi connectivity index (χ2v) is 6.24. The van der Waals surface area contributed by atoms with Crippen LogP contribution in [0.2, 0.25) is 0 Å². The van der Waals surface area contributed by atoms with Crippen LogP contribution in [0.5, 0.6) is 0 Å². The topological polar surface area (TPSA) is 62.2 Å². The molecule has 1 aliphatic carbocycles. The summed E-state index contributed by atoms with van der Waals surface area (Å²) in [6, 6.07) is -0.652. The average Bonchev–Trinajstić information content (AvgIpc) is 2.60. The Balaban J connectivity index is 2.13. The largest absolute Gasteiger partial charge is 0.480 e. The van der Waals surface area contributed by atoms with Gasteiger partial charge in [0.15, 0.2) is 5.13 Å². The molecular formula is C10H12Cl2N2O2S. The Morgan fingerprint density at radius 3 is 2.82 bits per heavy atom. The van der Waals surface area contributed by atoms with Crippen molar-refractivity contribution < 1.29 is 9.90 Å². The maximum atomic E-state index is 10.7. The van der Waals surface area contributed by atoms with Crippen molar-refractivity contribution in [1.82, 2.24) is 4.98 Å². The summed E-state index contributed by atoms with van der Waals surface area (Å²) in [6.07, 6.45) is 1.34. The van der Waals surface area contributed by atoms with Crippen LogP contribution in [0.25, 0.3) is 0 Å². The number of carboxylic acid groups (broad SMARTS) is 1. The van der Waals surface area contributed by atoms with E-state index in [1.54, 1.807) is 6.92 Å². The minimum atomic E-state index is -0.899. The third-order valence-electron chi connectivity index (χ3n) is 2.65. The second kappa shape index (κ2) is 5.00. The number of carboxylic acids is 1. The van der Waals surface area contributed by atoms with E-state index >= 15 is 0 Å². The van der Waals surface area contributed by atoms with Crippen LogP contribution in [-0.4, -0.2) is 32.9 Å². The van der Waals surface area contributed by atoms with Crippen molar-refractivity contribution in [3.05, 3.63) is 10.6 Å². The maximum Gasteiger partial charge on any atom is 0.325 e. The molecule has 2 N–H and O–H groups in total. The number of nitrogens with one attached hydrogen (secondary N) is 1. The molecule has 7 heteroatoms. The molecule has 4 nitrogen and oxygen atoms in total. The van der Waals surface area contributed by atoms with Crippen LogP contribution in [0.15, 0.2) is 0 Å². The van der Waals surface area contributed by atoms with Gasteiger partial charge in [0.2, 0.25) is 0 Å². The molecule has 0 aromatic carbocycles. The summed E-state index contributed by atoms with van der Waals surface area (Å²) in [6.45, 7) is 1.58. The number of alkyl halides is 2. The maximum absolute atomic E-state index is 10.7. The van der Waals surface area contributed by atoms with E-state index in [4.69, 9.17) is 28.3 Å². The number of anilines is 1. The first-order valence-electron chi connectivity index (χ1n) is 5.23. The molecule has 0 amide bonds. The number of fused-ring (bicyclic) bond motifs is 1. The Hall–Kier alpha value is -0.520. The monoisotopic (exact) mass is 294 g/mol. The van der Waals surface area contributed by atoms with Gasteiger partial charge in [-0.2, -0.15) is 0 Å². The predicted octanol–water partition coefficient (Wildman–Crippen LogP) is 2.34. The summed E-state index contributed by atoms with van der Waals surface area (Å²) in [4.78, 5) is 16.2. The first-order valence-corrected chi connectivity index (χ1v) is 6.92. The minimum Gasteiger partial charge on any atom is -0.480 e. The quantitative estimate of drug-likeness (QED) is 0.840. The zero-order valence-corrected chi connectivity index (χ0v) is 11.4. The third kappa shape index (κ3) is 2.84. The molecule has 1 aliphatic rings.